The lowest BCUT2D eigenvalue weighted by Gasteiger charge is -2.10. The average Bonchev–Trinajstić information content (AvgIpc) is 2.84. The van der Waals surface area contributed by atoms with Crippen molar-refractivity contribution < 1.29 is 17.9 Å². The number of hydrogen-bond acceptors (Lipinski definition) is 2. The summed E-state index contributed by atoms with van der Waals surface area (Å²) in [6, 6.07) is 10.8. The number of rotatable bonds is 4. The molecular weight excluding hydrogens is 361 g/mol. The number of ether oxygens (including phenoxy) is 1. The van der Waals surface area contributed by atoms with E-state index in [0.29, 0.717) is 15.5 Å². The van der Waals surface area contributed by atoms with Crippen molar-refractivity contribution in [2.24, 2.45) is 0 Å². The van der Waals surface area contributed by atoms with Gasteiger partial charge < -0.3 is 4.74 Å². The van der Waals surface area contributed by atoms with Crippen LogP contribution in [0.5, 0.6) is 5.75 Å². The average molecular weight is 371 g/mol. The number of alkyl halides is 2. The van der Waals surface area contributed by atoms with Crippen LogP contribution in [0.15, 0.2) is 46.9 Å². The largest absolute Gasteiger partial charge is 0.483 e. The number of aromatic nitrogens is 2. The lowest BCUT2D eigenvalue weighted by Crippen LogP contribution is -2.08. The Balaban J connectivity index is 1.92. The monoisotopic (exact) mass is 370 g/mol. The van der Waals surface area contributed by atoms with Crippen LogP contribution in [0, 0.1) is 5.82 Å². The van der Waals surface area contributed by atoms with Crippen LogP contribution < -0.4 is 4.74 Å². The normalized spacial score (nSPS) is 11.3. The summed E-state index contributed by atoms with van der Waals surface area (Å²) in [7, 11) is 0. The van der Waals surface area contributed by atoms with Crippen LogP contribution >= 0.6 is 15.9 Å². The van der Waals surface area contributed by atoms with Crippen molar-refractivity contribution in [1.82, 2.24) is 9.55 Å². The third-order valence-corrected chi connectivity index (χ3v) is 3.61. The fraction of sp³-hybridized carbons (Fsp3) is 0.133. The molecule has 1 heterocycles. The molecule has 1 aromatic heterocycles. The van der Waals surface area contributed by atoms with Gasteiger partial charge in [-0.25, -0.2) is 9.37 Å². The van der Waals surface area contributed by atoms with Crippen molar-refractivity contribution in [2.75, 3.05) is 0 Å². The van der Waals surface area contributed by atoms with Crippen molar-refractivity contribution in [1.29, 1.82) is 0 Å². The summed E-state index contributed by atoms with van der Waals surface area (Å²) < 4.78 is 46.8. The quantitative estimate of drug-likeness (QED) is 0.652. The Morgan fingerprint density at radius 1 is 1.18 bits per heavy atom. The molecule has 3 aromatic rings. The van der Waals surface area contributed by atoms with Gasteiger partial charge in [-0.1, -0.05) is 28.1 Å². The lowest BCUT2D eigenvalue weighted by atomic mass is 10.3. The van der Waals surface area contributed by atoms with Crippen molar-refractivity contribution in [2.45, 2.75) is 13.2 Å². The summed E-state index contributed by atoms with van der Waals surface area (Å²) >= 11 is 3.14. The summed E-state index contributed by atoms with van der Waals surface area (Å²) in [6.45, 7) is -3.00. The van der Waals surface area contributed by atoms with E-state index in [1.54, 1.807) is 30.3 Å². The molecule has 0 aliphatic heterocycles. The molecule has 114 valence electrons. The van der Waals surface area contributed by atoms with E-state index in [1.165, 1.54) is 12.1 Å². The van der Waals surface area contributed by atoms with Gasteiger partial charge in [0.05, 0.1) is 11.0 Å². The van der Waals surface area contributed by atoms with Crippen molar-refractivity contribution in [3.8, 4) is 5.75 Å². The molecule has 3 rings (SSSR count). The molecule has 0 unspecified atom stereocenters. The minimum Gasteiger partial charge on any atom is -0.483 e. The second kappa shape index (κ2) is 6.00. The summed E-state index contributed by atoms with van der Waals surface area (Å²) in [4.78, 5) is 4.12. The van der Waals surface area contributed by atoms with E-state index < -0.39 is 12.4 Å². The van der Waals surface area contributed by atoms with Gasteiger partial charge in [-0.15, -0.1) is 0 Å². The maximum absolute atomic E-state index is 13.7. The molecule has 0 amide bonds. The van der Waals surface area contributed by atoms with Crippen LogP contribution in [0.4, 0.5) is 13.2 Å². The fourth-order valence-corrected chi connectivity index (χ4v) is 2.48. The summed E-state index contributed by atoms with van der Waals surface area (Å²) in [6.07, 6.45) is 0. The van der Waals surface area contributed by atoms with Gasteiger partial charge in [-0.3, -0.25) is 4.57 Å². The number of benzene rings is 2. The van der Waals surface area contributed by atoms with Gasteiger partial charge in [0.15, 0.2) is 17.4 Å². The molecule has 2 aromatic carbocycles. The van der Waals surface area contributed by atoms with Gasteiger partial charge >= 0.3 is 6.55 Å². The number of para-hydroxylation sites is 2. The van der Waals surface area contributed by atoms with Crippen LogP contribution in [-0.4, -0.2) is 9.55 Å². The number of fused-ring (bicyclic) bond motifs is 1. The molecule has 7 heteroatoms. The first-order chi connectivity index (χ1) is 10.6. The second-order valence-corrected chi connectivity index (χ2v) is 5.44. The highest BCUT2D eigenvalue weighted by molar-refractivity contribution is 9.10. The summed E-state index contributed by atoms with van der Waals surface area (Å²) in [5.41, 5.74) is 0.755. The molecule has 0 aliphatic rings. The van der Waals surface area contributed by atoms with E-state index in [1.807, 2.05) is 0 Å². The van der Waals surface area contributed by atoms with Gasteiger partial charge in [0.1, 0.15) is 6.61 Å². The molecule has 0 spiro atoms. The zero-order valence-electron chi connectivity index (χ0n) is 11.1. The van der Waals surface area contributed by atoms with Crippen molar-refractivity contribution in [3.63, 3.8) is 0 Å². The van der Waals surface area contributed by atoms with Gasteiger partial charge in [-0.05, 0) is 30.3 Å². The van der Waals surface area contributed by atoms with E-state index in [9.17, 15) is 13.2 Å². The Labute approximate surface area is 132 Å². The fourth-order valence-electron chi connectivity index (χ4n) is 2.15. The highest BCUT2D eigenvalue weighted by Crippen LogP contribution is 2.26. The van der Waals surface area contributed by atoms with E-state index >= 15 is 0 Å². The number of hydrogen-bond donors (Lipinski definition) is 0. The third kappa shape index (κ3) is 2.81. The first-order valence-corrected chi connectivity index (χ1v) is 7.17. The molecule has 0 saturated heterocycles. The standard InChI is InChI=1S/C15H10BrF3N2O/c16-9-5-6-13(10(17)7-9)22-8-14-20-11-3-1-2-4-12(11)21(14)15(18)19/h1-7,15H,8H2. The Kier molecular flexibility index (Phi) is 4.06. The van der Waals surface area contributed by atoms with Crippen molar-refractivity contribution >= 4 is 27.0 Å². The second-order valence-electron chi connectivity index (χ2n) is 4.53. The van der Waals surface area contributed by atoms with Gasteiger partial charge in [-0.2, -0.15) is 8.78 Å². The molecule has 0 N–H and O–H groups in total. The summed E-state index contributed by atoms with van der Waals surface area (Å²) in [5, 5.41) is 0. The van der Waals surface area contributed by atoms with Crippen LogP contribution in [-0.2, 0) is 6.61 Å². The lowest BCUT2D eigenvalue weighted by molar-refractivity contribution is 0.0675. The van der Waals surface area contributed by atoms with Gasteiger partial charge in [0, 0.05) is 4.47 Å². The minimum absolute atomic E-state index is 0.0175. The smallest absolute Gasteiger partial charge is 0.320 e. The third-order valence-electron chi connectivity index (χ3n) is 3.11. The van der Waals surface area contributed by atoms with Crippen LogP contribution in [0.1, 0.15) is 12.4 Å². The Morgan fingerprint density at radius 2 is 1.95 bits per heavy atom. The van der Waals surface area contributed by atoms with Crippen LogP contribution in [0.3, 0.4) is 0 Å². The molecule has 0 aliphatic carbocycles. The molecule has 0 bridgehead atoms. The molecule has 22 heavy (non-hydrogen) atoms. The maximum Gasteiger partial charge on any atom is 0.320 e. The highest BCUT2D eigenvalue weighted by Gasteiger charge is 2.18. The first kappa shape index (κ1) is 14.9. The summed E-state index contributed by atoms with van der Waals surface area (Å²) in [5.74, 6) is -0.552. The zero-order chi connectivity index (χ0) is 15.7. The highest BCUT2D eigenvalue weighted by atomic mass is 79.9. The predicted octanol–water partition coefficient (Wildman–Crippen LogP) is 4.91. The van der Waals surface area contributed by atoms with Crippen molar-refractivity contribution in [3.05, 3.63) is 58.6 Å². The van der Waals surface area contributed by atoms with Gasteiger partial charge in [0.25, 0.3) is 0 Å². The maximum atomic E-state index is 13.7. The number of nitrogens with zero attached hydrogens (tertiary/aromatic N) is 2. The molecule has 0 saturated carbocycles. The van der Waals surface area contributed by atoms with Crippen LogP contribution in [0.2, 0.25) is 0 Å². The number of imidazole rings is 1. The predicted molar refractivity (Wildman–Crippen MR) is 79.4 cm³/mol. The van der Waals surface area contributed by atoms with E-state index in [4.69, 9.17) is 4.74 Å². The molecular formula is C15H10BrF3N2O. The SMILES string of the molecule is Fc1cc(Br)ccc1OCc1nc2ccccc2n1C(F)F. The van der Waals surface area contributed by atoms with E-state index in [2.05, 4.69) is 20.9 Å². The van der Waals surface area contributed by atoms with E-state index in [0.717, 1.165) is 4.57 Å². The first-order valence-electron chi connectivity index (χ1n) is 6.38. The Bertz CT molecular complexity index is 820. The molecule has 3 nitrogen and oxygen atoms in total. The topological polar surface area (TPSA) is 27.1 Å². The molecule has 0 fully saturated rings. The van der Waals surface area contributed by atoms with Crippen LogP contribution in [0.25, 0.3) is 11.0 Å². The number of halogens is 4. The molecule has 0 atom stereocenters. The van der Waals surface area contributed by atoms with E-state index in [-0.39, 0.29) is 18.2 Å². The molecule has 0 radical (unpaired) electrons. The minimum atomic E-state index is -2.75. The Morgan fingerprint density at radius 3 is 2.68 bits per heavy atom. The zero-order valence-corrected chi connectivity index (χ0v) is 12.7. The van der Waals surface area contributed by atoms with Gasteiger partial charge in [0.2, 0.25) is 0 Å². The Hall–Kier alpha value is -2.02.